The third-order valence-electron chi connectivity index (χ3n) is 3.13. The van der Waals surface area contributed by atoms with E-state index in [2.05, 4.69) is 36.1 Å². The minimum absolute atomic E-state index is 0.160. The molecule has 0 unspecified atom stereocenters. The number of aromatic nitrogens is 2. The van der Waals surface area contributed by atoms with Crippen molar-refractivity contribution in [1.29, 1.82) is 0 Å². The number of hydrogen-bond acceptors (Lipinski definition) is 3. The van der Waals surface area contributed by atoms with E-state index in [9.17, 15) is 0 Å². The maximum atomic E-state index is 6.12. The molecule has 1 heterocycles. The molecule has 1 aromatic carbocycles. The second-order valence-corrected chi connectivity index (χ2v) is 6.99. The van der Waals surface area contributed by atoms with Gasteiger partial charge in [-0.25, -0.2) is 9.97 Å². The molecule has 0 fully saturated rings. The van der Waals surface area contributed by atoms with Crippen LogP contribution in [0.4, 0.5) is 11.5 Å². The number of hydrogen-bond donors (Lipinski definition) is 1. The van der Waals surface area contributed by atoms with Crippen molar-refractivity contribution in [2.45, 2.75) is 40.0 Å². The largest absolute Gasteiger partial charge is 0.340 e. The van der Waals surface area contributed by atoms with Gasteiger partial charge in [-0.05, 0) is 37.1 Å². The molecule has 0 aliphatic carbocycles. The fourth-order valence-corrected chi connectivity index (χ4v) is 2.27. The van der Waals surface area contributed by atoms with Crippen molar-refractivity contribution in [2.75, 3.05) is 5.32 Å². The van der Waals surface area contributed by atoms with Crippen molar-refractivity contribution < 1.29 is 0 Å². The van der Waals surface area contributed by atoms with Crippen LogP contribution >= 0.6 is 23.2 Å². The van der Waals surface area contributed by atoms with Crippen molar-refractivity contribution >= 4 is 34.7 Å². The van der Waals surface area contributed by atoms with Gasteiger partial charge in [0.25, 0.3) is 0 Å². The minimum atomic E-state index is -0.160. The van der Waals surface area contributed by atoms with E-state index in [4.69, 9.17) is 23.2 Å². The van der Waals surface area contributed by atoms with Crippen LogP contribution in [0.25, 0.3) is 0 Å². The average molecular weight is 324 g/mol. The number of benzene rings is 1. The summed E-state index contributed by atoms with van der Waals surface area (Å²) in [6, 6.07) is 5.66. The zero-order valence-corrected chi connectivity index (χ0v) is 14.4. The Balaban J connectivity index is 2.40. The summed E-state index contributed by atoms with van der Waals surface area (Å²) in [5, 5.41) is 4.49. The van der Waals surface area contributed by atoms with E-state index in [1.54, 1.807) is 6.07 Å². The Kier molecular flexibility index (Phi) is 4.45. The molecule has 2 rings (SSSR count). The number of nitrogens with zero attached hydrogens (tertiary/aromatic N) is 2. The van der Waals surface area contributed by atoms with Gasteiger partial charge in [0.2, 0.25) is 0 Å². The topological polar surface area (TPSA) is 37.8 Å². The molecule has 0 saturated heterocycles. The maximum absolute atomic E-state index is 6.12. The van der Waals surface area contributed by atoms with Crippen LogP contribution in [0.2, 0.25) is 10.2 Å². The van der Waals surface area contributed by atoms with Gasteiger partial charge in [0.1, 0.15) is 16.8 Å². The van der Waals surface area contributed by atoms with Crippen LogP contribution in [-0.4, -0.2) is 9.97 Å². The van der Waals surface area contributed by atoms with Crippen molar-refractivity contribution in [1.82, 2.24) is 9.97 Å². The molecule has 21 heavy (non-hydrogen) atoms. The van der Waals surface area contributed by atoms with Crippen LogP contribution in [0.1, 0.15) is 37.7 Å². The Labute approximate surface area is 135 Å². The lowest BCUT2D eigenvalue weighted by Gasteiger charge is -2.18. The second kappa shape index (κ2) is 5.82. The number of aryl methyl sites for hydroxylation is 2. The first-order valence-electron chi connectivity index (χ1n) is 6.75. The normalized spacial score (nSPS) is 11.6. The van der Waals surface area contributed by atoms with E-state index in [-0.39, 0.29) is 5.41 Å². The van der Waals surface area contributed by atoms with Crippen molar-refractivity contribution in [3.63, 3.8) is 0 Å². The minimum Gasteiger partial charge on any atom is -0.340 e. The summed E-state index contributed by atoms with van der Waals surface area (Å²) in [5.41, 5.74) is 2.87. The highest BCUT2D eigenvalue weighted by atomic mass is 35.5. The van der Waals surface area contributed by atoms with Crippen LogP contribution in [0.15, 0.2) is 18.2 Å². The summed E-state index contributed by atoms with van der Waals surface area (Å²) in [6.07, 6.45) is 0. The van der Waals surface area contributed by atoms with Crippen molar-refractivity contribution in [2.24, 2.45) is 0 Å². The van der Waals surface area contributed by atoms with E-state index in [0.717, 1.165) is 21.8 Å². The summed E-state index contributed by atoms with van der Waals surface area (Å²) in [5.74, 6) is 1.39. The van der Waals surface area contributed by atoms with E-state index < -0.39 is 0 Å². The molecule has 2 aromatic rings. The van der Waals surface area contributed by atoms with Crippen molar-refractivity contribution in [3.05, 3.63) is 45.3 Å². The lowest BCUT2D eigenvalue weighted by molar-refractivity contribution is 0.546. The summed E-state index contributed by atoms with van der Waals surface area (Å²) >= 11 is 12.2. The van der Waals surface area contributed by atoms with Gasteiger partial charge in [0.15, 0.2) is 0 Å². The van der Waals surface area contributed by atoms with Gasteiger partial charge in [-0.15, -0.1) is 0 Å². The van der Waals surface area contributed by atoms with Crippen LogP contribution in [0.5, 0.6) is 0 Å². The fraction of sp³-hybridized carbons (Fsp3) is 0.375. The number of halogens is 2. The first-order valence-corrected chi connectivity index (χ1v) is 7.51. The van der Waals surface area contributed by atoms with Crippen LogP contribution in [-0.2, 0) is 5.41 Å². The molecule has 0 radical (unpaired) electrons. The van der Waals surface area contributed by atoms with E-state index in [0.29, 0.717) is 16.8 Å². The third-order valence-corrected chi connectivity index (χ3v) is 3.73. The summed E-state index contributed by atoms with van der Waals surface area (Å²) in [7, 11) is 0. The van der Waals surface area contributed by atoms with Gasteiger partial charge >= 0.3 is 0 Å². The van der Waals surface area contributed by atoms with Gasteiger partial charge in [0.05, 0.1) is 0 Å². The van der Waals surface area contributed by atoms with Crippen LogP contribution < -0.4 is 5.32 Å². The van der Waals surface area contributed by atoms with Gasteiger partial charge in [-0.1, -0.05) is 44.0 Å². The SMILES string of the molecule is Cc1cc(Nc2cc(Cl)nc(C(C)(C)C)n2)c(C)cc1Cl. The highest BCUT2D eigenvalue weighted by molar-refractivity contribution is 6.31. The van der Waals surface area contributed by atoms with Crippen LogP contribution in [0, 0.1) is 13.8 Å². The molecule has 1 N–H and O–H groups in total. The standard InChI is InChI=1S/C16H19Cl2N3/c1-9-7-12(10(2)6-11(9)17)19-14-8-13(18)20-15(21-14)16(3,4)5/h6-8H,1-5H3,(H,19,20,21). The molecule has 0 saturated carbocycles. The number of nitrogens with one attached hydrogen (secondary N) is 1. The lowest BCUT2D eigenvalue weighted by atomic mass is 9.96. The third kappa shape index (κ3) is 3.86. The molecule has 0 spiro atoms. The number of rotatable bonds is 2. The molecular formula is C16H19Cl2N3. The highest BCUT2D eigenvalue weighted by Gasteiger charge is 2.19. The zero-order valence-electron chi connectivity index (χ0n) is 12.9. The van der Waals surface area contributed by atoms with Gasteiger partial charge in [-0.2, -0.15) is 0 Å². The Morgan fingerprint density at radius 3 is 2.24 bits per heavy atom. The molecule has 1 aromatic heterocycles. The van der Waals surface area contributed by atoms with Crippen molar-refractivity contribution in [3.8, 4) is 0 Å². The Hall–Kier alpha value is -1.32. The molecule has 5 heteroatoms. The van der Waals surface area contributed by atoms with E-state index in [1.807, 2.05) is 26.0 Å². The zero-order chi connectivity index (χ0) is 15.8. The second-order valence-electron chi connectivity index (χ2n) is 6.19. The van der Waals surface area contributed by atoms with Gasteiger partial charge in [0, 0.05) is 22.2 Å². The molecule has 0 atom stereocenters. The quantitative estimate of drug-likeness (QED) is 0.747. The van der Waals surface area contributed by atoms with Crippen LogP contribution in [0.3, 0.4) is 0 Å². The van der Waals surface area contributed by atoms with E-state index in [1.165, 1.54) is 0 Å². The lowest BCUT2D eigenvalue weighted by Crippen LogP contribution is -2.16. The van der Waals surface area contributed by atoms with Gasteiger partial charge in [-0.3, -0.25) is 0 Å². The molecule has 0 aliphatic heterocycles. The molecule has 0 bridgehead atoms. The molecule has 3 nitrogen and oxygen atoms in total. The number of anilines is 2. The molecule has 0 amide bonds. The van der Waals surface area contributed by atoms with E-state index >= 15 is 0 Å². The molecular weight excluding hydrogens is 305 g/mol. The predicted molar refractivity (Wildman–Crippen MR) is 90.0 cm³/mol. The molecule has 112 valence electrons. The first kappa shape index (κ1) is 16.1. The summed E-state index contributed by atoms with van der Waals surface area (Å²) in [4.78, 5) is 8.85. The smallest absolute Gasteiger partial charge is 0.137 e. The van der Waals surface area contributed by atoms with Gasteiger partial charge < -0.3 is 5.32 Å². The fourth-order valence-electron chi connectivity index (χ4n) is 1.87. The Morgan fingerprint density at radius 1 is 0.952 bits per heavy atom. The maximum Gasteiger partial charge on any atom is 0.137 e. The predicted octanol–water partition coefficient (Wildman–Crippen LogP) is 5.44. The summed E-state index contributed by atoms with van der Waals surface area (Å²) in [6.45, 7) is 10.1. The Bertz CT molecular complexity index is 676. The first-order chi connectivity index (χ1) is 9.66. The average Bonchev–Trinajstić information content (AvgIpc) is 2.34. The Morgan fingerprint density at radius 2 is 1.62 bits per heavy atom. The monoisotopic (exact) mass is 323 g/mol. The molecule has 0 aliphatic rings. The highest BCUT2D eigenvalue weighted by Crippen LogP contribution is 2.28. The summed E-state index contributed by atoms with van der Waals surface area (Å²) < 4.78 is 0.